The molecule has 1 aromatic carbocycles. The van der Waals surface area contributed by atoms with E-state index in [2.05, 4.69) is 55.6 Å². The predicted octanol–water partition coefficient (Wildman–Crippen LogP) is 5.77. The number of halogens is 1. The van der Waals surface area contributed by atoms with Crippen molar-refractivity contribution >= 4 is 22.9 Å². The van der Waals surface area contributed by atoms with Crippen LogP contribution in [-0.4, -0.2) is 0 Å². The van der Waals surface area contributed by atoms with Gasteiger partial charge in [0.05, 0.1) is 4.34 Å². The maximum atomic E-state index is 6.17. The lowest BCUT2D eigenvalue weighted by Crippen LogP contribution is -2.26. The molecular formula is C18H22ClNS. The summed E-state index contributed by atoms with van der Waals surface area (Å²) in [5.74, 6) is 0.676. The van der Waals surface area contributed by atoms with Crippen LogP contribution in [0.25, 0.3) is 0 Å². The molecule has 1 aliphatic carbocycles. The predicted molar refractivity (Wildman–Crippen MR) is 92.2 cm³/mol. The van der Waals surface area contributed by atoms with Crippen molar-refractivity contribution in [2.24, 2.45) is 5.92 Å². The molecule has 0 amide bonds. The molecule has 1 aliphatic rings. The maximum Gasteiger partial charge on any atom is 0.0934 e. The van der Waals surface area contributed by atoms with E-state index in [9.17, 15) is 0 Å². The van der Waals surface area contributed by atoms with Crippen molar-refractivity contribution in [1.82, 2.24) is 5.32 Å². The first-order valence-corrected chi connectivity index (χ1v) is 8.92. The summed E-state index contributed by atoms with van der Waals surface area (Å²) in [6, 6.07) is 13.8. The van der Waals surface area contributed by atoms with Crippen molar-refractivity contribution in [3.05, 3.63) is 56.7 Å². The van der Waals surface area contributed by atoms with Crippen molar-refractivity contribution < 1.29 is 0 Å². The highest BCUT2D eigenvalue weighted by atomic mass is 35.5. The van der Waals surface area contributed by atoms with E-state index in [1.54, 1.807) is 11.3 Å². The molecule has 1 nitrogen and oxygen atoms in total. The third kappa shape index (κ3) is 3.50. The molecule has 3 heteroatoms. The van der Waals surface area contributed by atoms with Gasteiger partial charge in [0, 0.05) is 17.0 Å². The molecule has 2 atom stereocenters. The smallest absolute Gasteiger partial charge is 0.0934 e. The topological polar surface area (TPSA) is 12.0 Å². The van der Waals surface area contributed by atoms with Gasteiger partial charge in [0.2, 0.25) is 0 Å². The van der Waals surface area contributed by atoms with E-state index in [-0.39, 0.29) is 0 Å². The molecule has 0 saturated heterocycles. The van der Waals surface area contributed by atoms with Gasteiger partial charge in [-0.2, -0.15) is 0 Å². The zero-order valence-electron chi connectivity index (χ0n) is 12.6. The van der Waals surface area contributed by atoms with Crippen LogP contribution in [0, 0.1) is 5.92 Å². The van der Waals surface area contributed by atoms with Gasteiger partial charge in [-0.1, -0.05) is 55.8 Å². The summed E-state index contributed by atoms with van der Waals surface area (Å²) in [6.45, 7) is 4.58. The summed E-state index contributed by atoms with van der Waals surface area (Å²) < 4.78 is 0.923. The number of thiophene rings is 1. The summed E-state index contributed by atoms with van der Waals surface area (Å²) in [6.07, 6.45) is 3.51. The fourth-order valence-electron chi connectivity index (χ4n) is 3.20. The summed E-state index contributed by atoms with van der Waals surface area (Å²) in [4.78, 5) is 1.47. The van der Waals surface area contributed by atoms with Crippen LogP contribution in [0.3, 0.4) is 0 Å². The molecule has 0 radical (unpaired) electrons. The molecule has 0 spiro atoms. The number of rotatable bonds is 5. The standard InChI is InChI=1S/C18H22ClNS/c1-12(2)10-16(13-6-4-3-5-7-13)20-15-8-9-17-14(15)11-18(19)21-17/h3-7,11-12,15-16,20H,8-10H2,1-2H3. The Morgan fingerprint density at radius 2 is 2.05 bits per heavy atom. The third-order valence-electron chi connectivity index (χ3n) is 4.16. The van der Waals surface area contributed by atoms with Crippen LogP contribution in [0.1, 0.15) is 54.8 Å². The summed E-state index contributed by atoms with van der Waals surface area (Å²) in [5.41, 5.74) is 2.82. The van der Waals surface area contributed by atoms with Crippen molar-refractivity contribution in [1.29, 1.82) is 0 Å². The van der Waals surface area contributed by atoms with Crippen LogP contribution >= 0.6 is 22.9 Å². The van der Waals surface area contributed by atoms with Gasteiger partial charge in [0.1, 0.15) is 0 Å². The van der Waals surface area contributed by atoms with Crippen molar-refractivity contribution in [3.63, 3.8) is 0 Å². The summed E-state index contributed by atoms with van der Waals surface area (Å²) in [5, 5.41) is 3.88. The molecule has 1 aromatic heterocycles. The van der Waals surface area contributed by atoms with Crippen molar-refractivity contribution in [2.45, 2.75) is 45.2 Å². The van der Waals surface area contributed by atoms with Gasteiger partial charge in [-0.05, 0) is 42.4 Å². The monoisotopic (exact) mass is 319 g/mol. The number of hydrogen-bond acceptors (Lipinski definition) is 2. The third-order valence-corrected chi connectivity index (χ3v) is 5.50. The molecule has 1 N–H and O–H groups in total. The highest BCUT2D eigenvalue weighted by Gasteiger charge is 2.27. The van der Waals surface area contributed by atoms with Crippen LogP contribution < -0.4 is 5.32 Å². The normalized spacial score (nSPS) is 19.0. The van der Waals surface area contributed by atoms with Gasteiger partial charge in [-0.25, -0.2) is 0 Å². The zero-order chi connectivity index (χ0) is 14.8. The number of fused-ring (bicyclic) bond motifs is 1. The van der Waals surface area contributed by atoms with Gasteiger partial charge in [-0.15, -0.1) is 11.3 Å². The largest absolute Gasteiger partial charge is 0.303 e. The zero-order valence-corrected chi connectivity index (χ0v) is 14.2. The first-order chi connectivity index (χ1) is 10.1. The molecule has 2 aromatic rings. The van der Waals surface area contributed by atoms with E-state index in [1.165, 1.54) is 22.4 Å². The van der Waals surface area contributed by atoms with Crippen molar-refractivity contribution in [3.8, 4) is 0 Å². The van der Waals surface area contributed by atoms with E-state index in [0.29, 0.717) is 18.0 Å². The van der Waals surface area contributed by atoms with E-state index in [1.807, 2.05) is 0 Å². The molecule has 3 rings (SSSR count). The molecule has 21 heavy (non-hydrogen) atoms. The quantitative estimate of drug-likeness (QED) is 0.738. The molecule has 2 unspecified atom stereocenters. The van der Waals surface area contributed by atoms with E-state index in [0.717, 1.165) is 17.2 Å². The molecule has 0 bridgehead atoms. The SMILES string of the molecule is CC(C)CC(NC1CCc2sc(Cl)cc21)c1ccccc1. The van der Waals surface area contributed by atoms with Crippen LogP contribution in [0.4, 0.5) is 0 Å². The number of hydrogen-bond donors (Lipinski definition) is 1. The second-order valence-electron chi connectivity index (χ2n) is 6.28. The average Bonchev–Trinajstić information content (AvgIpc) is 2.99. The molecule has 1 heterocycles. The highest BCUT2D eigenvalue weighted by Crippen LogP contribution is 2.40. The first kappa shape index (κ1) is 15.1. The molecule has 0 saturated carbocycles. The lowest BCUT2D eigenvalue weighted by molar-refractivity contribution is 0.381. The Labute approximate surface area is 136 Å². The molecular weight excluding hydrogens is 298 g/mol. The van der Waals surface area contributed by atoms with Gasteiger partial charge >= 0.3 is 0 Å². The summed E-state index contributed by atoms with van der Waals surface area (Å²) in [7, 11) is 0. The fourth-order valence-corrected chi connectivity index (χ4v) is 4.56. The average molecular weight is 320 g/mol. The van der Waals surface area contributed by atoms with Crippen LogP contribution in [0.2, 0.25) is 4.34 Å². The van der Waals surface area contributed by atoms with Gasteiger partial charge in [0.15, 0.2) is 0 Å². The minimum Gasteiger partial charge on any atom is -0.303 e. The Morgan fingerprint density at radius 3 is 2.76 bits per heavy atom. The van der Waals surface area contributed by atoms with Crippen molar-refractivity contribution in [2.75, 3.05) is 0 Å². The fraction of sp³-hybridized carbons (Fsp3) is 0.444. The van der Waals surface area contributed by atoms with E-state index >= 15 is 0 Å². The number of benzene rings is 1. The first-order valence-electron chi connectivity index (χ1n) is 7.72. The Balaban J connectivity index is 1.79. The highest BCUT2D eigenvalue weighted by molar-refractivity contribution is 7.16. The second-order valence-corrected chi connectivity index (χ2v) is 8.05. The van der Waals surface area contributed by atoms with Gasteiger partial charge in [-0.3, -0.25) is 0 Å². The van der Waals surface area contributed by atoms with Crippen LogP contribution in [-0.2, 0) is 6.42 Å². The second kappa shape index (κ2) is 6.51. The van der Waals surface area contributed by atoms with Crippen LogP contribution in [0.5, 0.6) is 0 Å². The summed E-state index contributed by atoms with van der Waals surface area (Å²) >= 11 is 7.92. The van der Waals surface area contributed by atoms with Gasteiger partial charge in [0.25, 0.3) is 0 Å². The Bertz CT molecular complexity index is 591. The Hall–Kier alpha value is -0.830. The van der Waals surface area contributed by atoms with Crippen LogP contribution in [0.15, 0.2) is 36.4 Å². The van der Waals surface area contributed by atoms with E-state index in [4.69, 9.17) is 11.6 Å². The molecule has 0 fully saturated rings. The lowest BCUT2D eigenvalue weighted by Gasteiger charge is -2.25. The minimum absolute atomic E-state index is 0.417. The number of nitrogens with one attached hydrogen (secondary N) is 1. The number of aryl methyl sites for hydroxylation is 1. The molecule has 0 aliphatic heterocycles. The Morgan fingerprint density at radius 1 is 1.29 bits per heavy atom. The maximum absolute atomic E-state index is 6.17. The van der Waals surface area contributed by atoms with E-state index < -0.39 is 0 Å². The lowest BCUT2D eigenvalue weighted by atomic mass is 9.95. The minimum atomic E-state index is 0.417. The molecule has 112 valence electrons. The Kier molecular flexibility index (Phi) is 4.68. The van der Waals surface area contributed by atoms with Gasteiger partial charge < -0.3 is 5.32 Å².